The van der Waals surface area contributed by atoms with E-state index >= 15 is 0 Å². The van der Waals surface area contributed by atoms with Gasteiger partial charge in [-0.15, -0.1) is 0 Å². The lowest BCUT2D eigenvalue weighted by Gasteiger charge is -2.24. The van der Waals surface area contributed by atoms with Crippen LogP contribution < -0.4 is 0 Å². The van der Waals surface area contributed by atoms with Crippen LogP contribution in [-0.4, -0.2) is 23.2 Å². The number of rotatable bonds is 6. The Kier molecular flexibility index (Phi) is 7.06. The number of hydrogen-bond acceptors (Lipinski definition) is 2. The van der Waals surface area contributed by atoms with Crippen molar-refractivity contribution in [3.8, 4) is 0 Å². The van der Waals surface area contributed by atoms with Gasteiger partial charge in [0.1, 0.15) is 0 Å². The van der Waals surface area contributed by atoms with Crippen LogP contribution in [0.4, 0.5) is 0 Å². The van der Waals surface area contributed by atoms with Gasteiger partial charge in [0.25, 0.3) is 5.17 Å². The summed E-state index contributed by atoms with van der Waals surface area (Å²) in [6, 6.07) is 7.84. The first-order chi connectivity index (χ1) is 8.67. The first-order valence-electron chi connectivity index (χ1n) is 6.33. The average molecular weight is 286 g/mol. The summed E-state index contributed by atoms with van der Waals surface area (Å²) in [5.74, 6) is 0. The molecule has 2 nitrogen and oxygen atoms in total. The highest BCUT2D eigenvalue weighted by Gasteiger charge is 2.10. The fourth-order valence-corrected chi connectivity index (χ4v) is 1.96. The summed E-state index contributed by atoms with van der Waals surface area (Å²) in [6.45, 7) is 6.57. The lowest BCUT2D eigenvalue weighted by molar-refractivity contribution is 0.237. The van der Waals surface area contributed by atoms with Crippen molar-refractivity contribution in [3.63, 3.8) is 0 Å². The Morgan fingerprint density at radius 3 is 2.44 bits per heavy atom. The number of benzene rings is 1. The topological polar surface area (TPSA) is 12.5 Å². The van der Waals surface area contributed by atoms with E-state index < -0.39 is 0 Å². The van der Waals surface area contributed by atoms with Gasteiger partial charge in [-0.1, -0.05) is 37.6 Å². The molecule has 0 saturated carbocycles. The molecule has 1 aromatic carbocycles. The van der Waals surface area contributed by atoms with Gasteiger partial charge in [-0.3, -0.25) is 0 Å². The molecular formula is C14H20ClNOS. The van der Waals surface area contributed by atoms with E-state index in [4.69, 9.17) is 28.6 Å². The summed E-state index contributed by atoms with van der Waals surface area (Å²) in [7, 11) is 0. The normalized spacial score (nSPS) is 10.2. The van der Waals surface area contributed by atoms with Gasteiger partial charge in [0.15, 0.2) is 0 Å². The Morgan fingerprint density at radius 1 is 1.22 bits per heavy atom. The SMILES string of the molecule is CCCOC(=S)N(CCC)Cc1ccc(Cl)cc1. The van der Waals surface area contributed by atoms with Crippen molar-refractivity contribution in [1.29, 1.82) is 0 Å². The molecule has 1 rings (SSSR count). The molecule has 0 aromatic heterocycles. The van der Waals surface area contributed by atoms with Gasteiger partial charge in [0.05, 0.1) is 6.61 Å². The molecule has 0 atom stereocenters. The number of nitrogens with zero attached hydrogens (tertiary/aromatic N) is 1. The van der Waals surface area contributed by atoms with Crippen LogP contribution in [0, 0.1) is 0 Å². The van der Waals surface area contributed by atoms with Crippen LogP contribution >= 0.6 is 23.8 Å². The molecule has 0 aliphatic heterocycles. The fraction of sp³-hybridized carbons (Fsp3) is 0.500. The first kappa shape index (κ1) is 15.3. The summed E-state index contributed by atoms with van der Waals surface area (Å²) in [5.41, 5.74) is 1.19. The molecule has 0 fully saturated rings. The van der Waals surface area contributed by atoms with E-state index in [1.165, 1.54) is 5.56 Å². The Morgan fingerprint density at radius 2 is 1.89 bits per heavy atom. The van der Waals surface area contributed by atoms with Crippen LogP contribution in [0.2, 0.25) is 5.02 Å². The number of thiocarbonyl (C=S) groups is 1. The van der Waals surface area contributed by atoms with E-state index in [1.54, 1.807) is 0 Å². The van der Waals surface area contributed by atoms with Crippen molar-refractivity contribution in [2.75, 3.05) is 13.2 Å². The lowest BCUT2D eigenvalue weighted by Crippen LogP contribution is -2.31. The zero-order chi connectivity index (χ0) is 13.4. The molecule has 0 radical (unpaired) electrons. The Labute approximate surface area is 120 Å². The molecule has 0 aliphatic rings. The van der Waals surface area contributed by atoms with Gasteiger partial charge >= 0.3 is 0 Å². The van der Waals surface area contributed by atoms with E-state index in [1.807, 2.05) is 24.3 Å². The van der Waals surface area contributed by atoms with E-state index in [0.29, 0.717) is 11.8 Å². The van der Waals surface area contributed by atoms with E-state index in [9.17, 15) is 0 Å². The third-order valence-corrected chi connectivity index (χ3v) is 3.10. The molecule has 0 unspecified atom stereocenters. The van der Waals surface area contributed by atoms with Crippen LogP contribution in [0.15, 0.2) is 24.3 Å². The molecule has 0 amide bonds. The molecule has 4 heteroatoms. The Balaban J connectivity index is 2.61. The summed E-state index contributed by atoms with van der Waals surface area (Å²) < 4.78 is 5.53. The molecule has 0 saturated heterocycles. The Bertz CT molecular complexity index is 367. The molecule has 0 spiro atoms. The minimum absolute atomic E-state index is 0.591. The summed E-state index contributed by atoms with van der Waals surface area (Å²) in [5, 5.41) is 1.35. The maximum absolute atomic E-state index is 5.88. The lowest BCUT2D eigenvalue weighted by atomic mass is 10.2. The molecule has 0 N–H and O–H groups in total. The third kappa shape index (κ3) is 5.23. The standard InChI is InChI=1S/C14H20ClNOS/c1-3-9-16(14(18)17-10-4-2)11-12-5-7-13(15)8-6-12/h5-8H,3-4,9-11H2,1-2H3. The van der Waals surface area contributed by atoms with Gasteiger partial charge in [-0.2, -0.15) is 0 Å². The van der Waals surface area contributed by atoms with Crippen molar-refractivity contribution in [3.05, 3.63) is 34.9 Å². The first-order valence-corrected chi connectivity index (χ1v) is 7.12. The smallest absolute Gasteiger partial charge is 0.259 e. The highest BCUT2D eigenvalue weighted by molar-refractivity contribution is 7.80. The fourth-order valence-electron chi connectivity index (χ4n) is 1.60. The van der Waals surface area contributed by atoms with E-state index in [0.717, 1.165) is 31.0 Å². The molecule has 0 heterocycles. The van der Waals surface area contributed by atoms with E-state index in [2.05, 4.69) is 18.7 Å². The second-order valence-electron chi connectivity index (χ2n) is 4.16. The van der Waals surface area contributed by atoms with Gasteiger partial charge in [-0.05, 0) is 42.8 Å². The van der Waals surface area contributed by atoms with Crippen molar-refractivity contribution in [2.24, 2.45) is 0 Å². The highest BCUT2D eigenvalue weighted by Crippen LogP contribution is 2.12. The molecule has 100 valence electrons. The van der Waals surface area contributed by atoms with Crippen LogP contribution in [0.5, 0.6) is 0 Å². The summed E-state index contributed by atoms with van der Waals surface area (Å²) in [6.07, 6.45) is 2.02. The second kappa shape index (κ2) is 8.33. The van der Waals surface area contributed by atoms with Gasteiger partial charge in [0, 0.05) is 18.1 Å². The minimum atomic E-state index is 0.591. The maximum atomic E-state index is 5.88. The van der Waals surface area contributed by atoms with Crippen molar-refractivity contribution < 1.29 is 4.74 Å². The highest BCUT2D eigenvalue weighted by atomic mass is 35.5. The van der Waals surface area contributed by atoms with Gasteiger partial charge in [-0.25, -0.2) is 0 Å². The van der Waals surface area contributed by atoms with Crippen LogP contribution in [-0.2, 0) is 11.3 Å². The number of hydrogen-bond donors (Lipinski definition) is 0. The van der Waals surface area contributed by atoms with Crippen LogP contribution in [0.1, 0.15) is 32.3 Å². The molecular weight excluding hydrogens is 266 g/mol. The zero-order valence-corrected chi connectivity index (χ0v) is 12.6. The quantitative estimate of drug-likeness (QED) is 0.725. The molecule has 18 heavy (non-hydrogen) atoms. The van der Waals surface area contributed by atoms with E-state index in [-0.39, 0.29) is 0 Å². The minimum Gasteiger partial charge on any atom is -0.471 e. The molecule has 0 aliphatic carbocycles. The zero-order valence-electron chi connectivity index (χ0n) is 11.0. The monoisotopic (exact) mass is 285 g/mol. The number of ether oxygens (including phenoxy) is 1. The molecule has 0 bridgehead atoms. The van der Waals surface area contributed by atoms with Gasteiger partial charge in [0.2, 0.25) is 0 Å². The predicted molar refractivity (Wildman–Crippen MR) is 81.0 cm³/mol. The molecule has 1 aromatic rings. The maximum Gasteiger partial charge on any atom is 0.259 e. The van der Waals surface area contributed by atoms with Crippen LogP contribution in [0.25, 0.3) is 0 Å². The van der Waals surface area contributed by atoms with Crippen molar-refractivity contribution in [2.45, 2.75) is 33.2 Å². The largest absolute Gasteiger partial charge is 0.471 e. The predicted octanol–water partition coefficient (Wildman–Crippen LogP) is 4.26. The summed E-state index contributed by atoms with van der Waals surface area (Å²) in [4.78, 5) is 2.09. The van der Waals surface area contributed by atoms with Gasteiger partial charge < -0.3 is 9.64 Å². The van der Waals surface area contributed by atoms with Crippen molar-refractivity contribution >= 4 is 29.0 Å². The Hall–Kier alpha value is -0.800. The van der Waals surface area contributed by atoms with Crippen molar-refractivity contribution in [1.82, 2.24) is 4.90 Å². The third-order valence-electron chi connectivity index (χ3n) is 2.47. The average Bonchev–Trinajstić information content (AvgIpc) is 2.38. The second-order valence-corrected chi connectivity index (χ2v) is 4.95. The number of halogens is 1. The van der Waals surface area contributed by atoms with Crippen LogP contribution in [0.3, 0.4) is 0 Å². The summed E-state index contributed by atoms with van der Waals surface area (Å²) >= 11 is 11.2.